The maximum atomic E-state index is 13.2. The molecule has 2 nitrogen and oxygen atoms in total. The lowest BCUT2D eigenvalue weighted by atomic mass is 10.1. The zero-order valence-corrected chi connectivity index (χ0v) is 6.85. The van der Waals surface area contributed by atoms with Crippen molar-refractivity contribution >= 4 is 0 Å². The number of benzene rings is 1. The summed E-state index contributed by atoms with van der Waals surface area (Å²) in [7, 11) is 0. The molecule has 13 heavy (non-hydrogen) atoms. The zero-order chi connectivity index (χ0) is 9.59. The van der Waals surface area contributed by atoms with Crippen LogP contribution in [0.1, 0.15) is 23.6 Å². The summed E-state index contributed by atoms with van der Waals surface area (Å²) in [6.45, 7) is 0. The molecule has 1 atom stereocenters. The topological polar surface area (TPSA) is 46.2 Å². The average molecular weight is 185 g/mol. The molecule has 1 aliphatic carbocycles. The van der Waals surface area contributed by atoms with Gasteiger partial charge in [0.25, 0.3) is 0 Å². The fourth-order valence-corrected chi connectivity index (χ4v) is 1.77. The van der Waals surface area contributed by atoms with E-state index in [0.717, 1.165) is 6.07 Å². The molecule has 0 saturated carbocycles. The van der Waals surface area contributed by atoms with Gasteiger partial charge in [0.15, 0.2) is 11.6 Å². The van der Waals surface area contributed by atoms with Crippen LogP contribution in [-0.4, -0.2) is 5.11 Å². The number of phenols is 1. The van der Waals surface area contributed by atoms with Crippen LogP contribution < -0.4 is 5.73 Å². The highest BCUT2D eigenvalue weighted by Gasteiger charge is 2.27. The molecular formula is C9H9F2NO. The van der Waals surface area contributed by atoms with Crippen molar-refractivity contribution in [2.45, 2.75) is 18.9 Å². The molecule has 0 aromatic heterocycles. The van der Waals surface area contributed by atoms with E-state index >= 15 is 0 Å². The molecule has 0 spiro atoms. The Hall–Kier alpha value is -1.16. The molecule has 0 amide bonds. The number of phenolic OH excluding ortho intramolecular Hbond substituents is 1. The van der Waals surface area contributed by atoms with Crippen LogP contribution in [0.5, 0.6) is 5.75 Å². The second-order valence-corrected chi connectivity index (χ2v) is 3.23. The SMILES string of the molecule is N[C@@H]1CCc2c(F)c(O)cc(F)c21. The van der Waals surface area contributed by atoms with E-state index in [4.69, 9.17) is 10.8 Å². The van der Waals surface area contributed by atoms with Gasteiger partial charge in [0.2, 0.25) is 0 Å². The third-order valence-electron chi connectivity index (χ3n) is 2.41. The van der Waals surface area contributed by atoms with Crippen LogP contribution in [-0.2, 0) is 6.42 Å². The monoisotopic (exact) mass is 185 g/mol. The highest BCUT2D eigenvalue weighted by Crippen LogP contribution is 2.36. The summed E-state index contributed by atoms with van der Waals surface area (Å²) in [6, 6.07) is 0.337. The molecule has 0 unspecified atom stereocenters. The first-order valence-corrected chi connectivity index (χ1v) is 4.06. The summed E-state index contributed by atoms with van der Waals surface area (Å²) in [5.41, 5.74) is 6.02. The first-order chi connectivity index (χ1) is 6.11. The maximum absolute atomic E-state index is 13.2. The summed E-state index contributed by atoms with van der Waals surface area (Å²) >= 11 is 0. The Morgan fingerprint density at radius 1 is 1.46 bits per heavy atom. The molecule has 1 aromatic rings. The number of nitrogens with two attached hydrogens (primary N) is 1. The number of fused-ring (bicyclic) bond motifs is 1. The van der Waals surface area contributed by atoms with Gasteiger partial charge in [0.05, 0.1) is 0 Å². The van der Waals surface area contributed by atoms with Crippen LogP contribution in [0.15, 0.2) is 6.07 Å². The standard InChI is InChI=1S/C9H9F2NO/c10-5-3-7(13)9(11)4-1-2-6(12)8(4)5/h3,6,13H,1-2,12H2/t6-/m1/s1. The third-order valence-corrected chi connectivity index (χ3v) is 2.41. The lowest BCUT2D eigenvalue weighted by Gasteiger charge is -2.07. The van der Waals surface area contributed by atoms with E-state index in [-0.39, 0.29) is 11.1 Å². The average Bonchev–Trinajstić information content (AvgIpc) is 2.44. The van der Waals surface area contributed by atoms with Crippen molar-refractivity contribution in [2.75, 3.05) is 0 Å². The minimum absolute atomic E-state index is 0.218. The minimum atomic E-state index is -0.732. The number of halogens is 2. The van der Waals surface area contributed by atoms with Gasteiger partial charge in [-0.15, -0.1) is 0 Å². The summed E-state index contributed by atoms with van der Waals surface area (Å²) in [4.78, 5) is 0. The molecule has 2 rings (SSSR count). The predicted molar refractivity (Wildman–Crippen MR) is 43.3 cm³/mol. The molecule has 0 heterocycles. The van der Waals surface area contributed by atoms with E-state index < -0.39 is 23.4 Å². The maximum Gasteiger partial charge on any atom is 0.168 e. The first-order valence-electron chi connectivity index (χ1n) is 4.06. The van der Waals surface area contributed by atoms with Crippen LogP contribution in [0.4, 0.5) is 8.78 Å². The van der Waals surface area contributed by atoms with Gasteiger partial charge < -0.3 is 10.8 Å². The number of hydrogen-bond donors (Lipinski definition) is 2. The van der Waals surface area contributed by atoms with Crippen LogP contribution in [0, 0.1) is 11.6 Å². The normalized spacial score (nSPS) is 20.4. The zero-order valence-electron chi connectivity index (χ0n) is 6.85. The van der Waals surface area contributed by atoms with E-state index in [9.17, 15) is 8.78 Å². The third kappa shape index (κ3) is 1.09. The van der Waals surface area contributed by atoms with Gasteiger partial charge in [-0.05, 0) is 18.4 Å². The van der Waals surface area contributed by atoms with E-state index in [0.29, 0.717) is 12.8 Å². The largest absolute Gasteiger partial charge is 0.505 e. The molecule has 0 aliphatic heterocycles. The van der Waals surface area contributed by atoms with E-state index in [1.807, 2.05) is 0 Å². The number of aromatic hydroxyl groups is 1. The second kappa shape index (κ2) is 2.67. The van der Waals surface area contributed by atoms with Gasteiger partial charge in [-0.25, -0.2) is 8.78 Å². The van der Waals surface area contributed by atoms with Crippen molar-refractivity contribution in [3.8, 4) is 5.75 Å². The quantitative estimate of drug-likeness (QED) is 0.645. The Morgan fingerprint density at radius 3 is 2.85 bits per heavy atom. The van der Waals surface area contributed by atoms with Gasteiger partial charge in [0.1, 0.15) is 5.82 Å². The Bertz CT molecular complexity index is 365. The number of rotatable bonds is 0. The van der Waals surface area contributed by atoms with Gasteiger partial charge >= 0.3 is 0 Å². The summed E-state index contributed by atoms with van der Waals surface area (Å²) in [5.74, 6) is -1.98. The molecule has 1 aromatic carbocycles. The van der Waals surface area contributed by atoms with Gasteiger partial charge in [-0.2, -0.15) is 0 Å². The Balaban J connectivity index is 2.69. The van der Waals surface area contributed by atoms with Crippen molar-refractivity contribution in [3.63, 3.8) is 0 Å². The van der Waals surface area contributed by atoms with Gasteiger partial charge in [-0.1, -0.05) is 0 Å². The van der Waals surface area contributed by atoms with E-state index in [1.165, 1.54) is 0 Å². The smallest absolute Gasteiger partial charge is 0.168 e. The molecule has 4 heteroatoms. The van der Waals surface area contributed by atoms with E-state index in [1.54, 1.807) is 0 Å². The molecular weight excluding hydrogens is 176 g/mol. The molecule has 0 radical (unpaired) electrons. The van der Waals surface area contributed by atoms with Gasteiger partial charge in [-0.3, -0.25) is 0 Å². The highest BCUT2D eigenvalue weighted by atomic mass is 19.1. The molecule has 70 valence electrons. The lowest BCUT2D eigenvalue weighted by Crippen LogP contribution is -2.07. The van der Waals surface area contributed by atoms with Crippen molar-refractivity contribution in [3.05, 3.63) is 28.8 Å². The fraction of sp³-hybridized carbons (Fsp3) is 0.333. The lowest BCUT2D eigenvalue weighted by molar-refractivity contribution is 0.422. The molecule has 0 bridgehead atoms. The Morgan fingerprint density at radius 2 is 2.15 bits per heavy atom. The summed E-state index contributed by atoms with van der Waals surface area (Å²) < 4.78 is 26.4. The molecule has 3 N–H and O–H groups in total. The van der Waals surface area contributed by atoms with Gasteiger partial charge in [0, 0.05) is 17.7 Å². The molecule has 1 aliphatic rings. The fourth-order valence-electron chi connectivity index (χ4n) is 1.77. The minimum Gasteiger partial charge on any atom is -0.505 e. The van der Waals surface area contributed by atoms with Crippen molar-refractivity contribution in [1.29, 1.82) is 0 Å². The van der Waals surface area contributed by atoms with Crippen molar-refractivity contribution in [2.24, 2.45) is 5.73 Å². The molecule has 0 fully saturated rings. The molecule has 0 saturated heterocycles. The predicted octanol–water partition coefficient (Wildman–Crippen LogP) is 1.62. The second-order valence-electron chi connectivity index (χ2n) is 3.23. The Labute approximate surface area is 74.0 Å². The van der Waals surface area contributed by atoms with E-state index in [2.05, 4.69) is 0 Å². The number of hydrogen-bond acceptors (Lipinski definition) is 2. The summed E-state index contributed by atoms with van der Waals surface area (Å²) in [6.07, 6.45) is 0.931. The highest BCUT2D eigenvalue weighted by molar-refractivity contribution is 5.42. The van der Waals surface area contributed by atoms with Crippen molar-refractivity contribution < 1.29 is 13.9 Å². The first kappa shape index (κ1) is 8.44. The Kier molecular flexibility index (Phi) is 1.73. The summed E-state index contributed by atoms with van der Waals surface area (Å²) in [5, 5.41) is 8.99. The van der Waals surface area contributed by atoms with Crippen LogP contribution >= 0.6 is 0 Å². The van der Waals surface area contributed by atoms with Crippen LogP contribution in [0.3, 0.4) is 0 Å². The van der Waals surface area contributed by atoms with Crippen LogP contribution in [0.25, 0.3) is 0 Å². The van der Waals surface area contributed by atoms with Crippen molar-refractivity contribution in [1.82, 2.24) is 0 Å². The van der Waals surface area contributed by atoms with Crippen LogP contribution in [0.2, 0.25) is 0 Å².